The molecule has 1 fully saturated rings. The maximum atomic E-state index is 13.7. The molecule has 0 aliphatic carbocycles. The number of aliphatic hydroxyl groups excluding tert-OH is 1. The van der Waals surface area contributed by atoms with Crippen LogP contribution in [0.2, 0.25) is 0 Å². The van der Waals surface area contributed by atoms with E-state index in [1.165, 1.54) is 18.2 Å². The van der Waals surface area contributed by atoms with Gasteiger partial charge in [-0.05, 0) is 38.2 Å². The van der Waals surface area contributed by atoms with Crippen LogP contribution in [0.15, 0.2) is 18.2 Å². The highest BCUT2D eigenvalue weighted by Gasteiger charge is 2.28. The molecule has 2 rings (SSSR count). The summed E-state index contributed by atoms with van der Waals surface area (Å²) in [5.41, 5.74) is -0.219. The highest BCUT2D eigenvalue weighted by Crippen LogP contribution is 2.24. The van der Waals surface area contributed by atoms with Gasteiger partial charge in [0, 0.05) is 19.1 Å². The third-order valence-corrected chi connectivity index (χ3v) is 4.34. The summed E-state index contributed by atoms with van der Waals surface area (Å²) in [6.45, 7) is 8.24. The standard InChI is InChI=1S/C16H24F2N2O/c1-3-20(4-2)12-8-9-19(10-12)11-15(21)16-13(17)6-5-7-14(16)18/h5-7,12,15,21H,3-4,8-11H2,1-2H3. The van der Waals surface area contributed by atoms with Crippen molar-refractivity contribution < 1.29 is 13.9 Å². The third kappa shape index (κ3) is 3.78. The van der Waals surface area contributed by atoms with Gasteiger partial charge < -0.3 is 5.11 Å². The van der Waals surface area contributed by atoms with Gasteiger partial charge in [-0.25, -0.2) is 8.78 Å². The van der Waals surface area contributed by atoms with Gasteiger partial charge in [0.1, 0.15) is 11.6 Å². The summed E-state index contributed by atoms with van der Waals surface area (Å²) in [5.74, 6) is -1.36. The Hall–Kier alpha value is -1.04. The number of β-amino-alcohol motifs (C(OH)–C–C–N with tert-alkyl or cyclic N) is 1. The SMILES string of the molecule is CCN(CC)C1CCN(CC(O)c2c(F)cccc2F)C1. The molecule has 0 saturated carbocycles. The summed E-state index contributed by atoms with van der Waals surface area (Å²) >= 11 is 0. The molecule has 2 unspecified atom stereocenters. The van der Waals surface area contributed by atoms with Crippen LogP contribution in [0.25, 0.3) is 0 Å². The second-order valence-corrected chi connectivity index (χ2v) is 5.57. The molecule has 0 radical (unpaired) electrons. The molecule has 21 heavy (non-hydrogen) atoms. The van der Waals surface area contributed by atoms with Crippen molar-refractivity contribution in [3.8, 4) is 0 Å². The number of hydrogen-bond donors (Lipinski definition) is 1. The summed E-state index contributed by atoms with van der Waals surface area (Å²) < 4.78 is 27.3. The minimum atomic E-state index is -1.12. The summed E-state index contributed by atoms with van der Waals surface area (Å²) in [6.07, 6.45) is -0.0876. The van der Waals surface area contributed by atoms with Gasteiger partial charge in [0.15, 0.2) is 0 Å². The van der Waals surface area contributed by atoms with Crippen LogP contribution in [0.4, 0.5) is 8.78 Å². The third-order valence-electron chi connectivity index (χ3n) is 4.34. The number of halogens is 2. The average molecular weight is 298 g/mol. The van der Waals surface area contributed by atoms with Gasteiger partial charge in [-0.3, -0.25) is 9.80 Å². The molecular weight excluding hydrogens is 274 g/mol. The van der Waals surface area contributed by atoms with Crippen LogP contribution in [0.5, 0.6) is 0 Å². The van der Waals surface area contributed by atoms with Gasteiger partial charge in [0.05, 0.1) is 11.7 Å². The first-order valence-electron chi connectivity index (χ1n) is 7.65. The predicted octanol–water partition coefficient (Wildman–Crippen LogP) is 2.41. The van der Waals surface area contributed by atoms with Crippen molar-refractivity contribution in [2.24, 2.45) is 0 Å². The quantitative estimate of drug-likeness (QED) is 0.874. The lowest BCUT2D eigenvalue weighted by Crippen LogP contribution is -2.38. The Labute approximate surface area is 125 Å². The second kappa shape index (κ2) is 7.29. The van der Waals surface area contributed by atoms with E-state index in [9.17, 15) is 13.9 Å². The van der Waals surface area contributed by atoms with Crippen LogP contribution in [-0.2, 0) is 0 Å². The van der Waals surface area contributed by atoms with Crippen molar-refractivity contribution >= 4 is 0 Å². The number of nitrogens with zero attached hydrogens (tertiary/aromatic N) is 2. The maximum Gasteiger partial charge on any atom is 0.131 e. The monoisotopic (exact) mass is 298 g/mol. The van der Waals surface area contributed by atoms with Gasteiger partial charge in [0.25, 0.3) is 0 Å². The van der Waals surface area contributed by atoms with E-state index in [0.29, 0.717) is 6.04 Å². The first kappa shape index (κ1) is 16.3. The highest BCUT2D eigenvalue weighted by atomic mass is 19.1. The fourth-order valence-corrected chi connectivity index (χ4v) is 3.18. The fraction of sp³-hybridized carbons (Fsp3) is 0.625. The Morgan fingerprint density at radius 2 is 1.90 bits per heavy atom. The Bertz CT molecular complexity index is 445. The molecule has 1 aromatic carbocycles. The van der Waals surface area contributed by atoms with Crippen LogP contribution in [0.3, 0.4) is 0 Å². The van der Waals surface area contributed by atoms with Gasteiger partial charge in [-0.15, -0.1) is 0 Å². The zero-order valence-electron chi connectivity index (χ0n) is 12.7. The Balaban J connectivity index is 1.97. The smallest absolute Gasteiger partial charge is 0.131 e. The number of benzene rings is 1. The number of rotatable bonds is 6. The van der Waals surface area contributed by atoms with Crippen molar-refractivity contribution in [2.45, 2.75) is 32.4 Å². The first-order chi connectivity index (χ1) is 10.1. The van der Waals surface area contributed by atoms with Gasteiger partial charge in [-0.1, -0.05) is 19.9 Å². The number of likely N-dealkylation sites (tertiary alicyclic amines) is 1. The lowest BCUT2D eigenvalue weighted by molar-refractivity contribution is 0.113. The predicted molar refractivity (Wildman–Crippen MR) is 79.1 cm³/mol. The second-order valence-electron chi connectivity index (χ2n) is 5.57. The first-order valence-corrected chi connectivity index (χ1v) is 7.65. The van der Waals surface area contributed by atoms with Crippen LogP contribution >= 0.6 is 0 Å². The van der Waals surface area contributed by atoms with Crippen LogP contribution < -0.4 is 0 Å². The topological polar surface area (TPSA) is 26.7 Å². The zero-order valence-corrected chi connectivity index (χ0v) is 12.7. The normalized spacial score (nSPS) is 21.1. The maximum absolute atomic E-state index is 13.7. The number of aliphatic hydroxyl groups is 1. The molecule has 1 aromatic rings. The molecule has 3 nitrogen and oxygen atoms in total. The largest absolute Gasteiger partial charge is 0.387 e. The molecule has 0 amide bonds. The average Bonchev–Trinajstić information content (AvgIpc) is 2.88. The summed E-state index contributed by atoms with van der Waals surface area (Å²) in [6, 6.07) is 4.15. The van der Waals surface area contributed by atoms with Crippen molar-refractivity contribution in [3.05, 3.63) is 35.4 Å². The summed E-state index contributed by atoms with van der Waals surface area (Å²) in [7, 11) is 0. The highest BCUT2D eigenvalue weighted by molar-refractivity contribution is 5.22. The minimum absolute atomic E-state index is 0.219. The molecule has 1 N–H and O–H groups in total. The molecule has 1 aliphatic rings. The van der Waals surface area contributed by atoms with E-state index in [1.807, 2.05) is 0 Å². The molecule has 0 spiro atoms. The van der Waals surface area contributed by atoms with E-state index in [0.717, 1.165) is 32.6 Å². The van der Waals surface area contributed by atoms with Crippen molar-refractivity contribution in [2.75, 3.05) is 32.7 Å². The molecule has 1 heterocycles. The lowest BCUT2D eigenvalue weighted by atomic mass is 10.1. The van der Waals surface area contributed by atoms with Crippen LogP contribution in [0.1, 0.15) is 31.9 Å². The molecule has 0 bridgehead atoms. The fourth-order valence-electron chi connectivity index (χ4n) is 3.18. The molecule has 1 aliphatic heterocycles. The Morgan fingerprint density at radius 3 is 2.48 bits per heavy atom. The van der Waals surface area contributed by atoms with Crippen molar-refractivity contribution in [3.63, 3.8) is 0 Å². The van der Waals surface area contributed by atoms with E-state index < -0.39 is 17.7 Å². The van der Waals surface area contributed by atoms with E-state index in [-0.39, 0.29) is 12.1 Å². The van der Waals surface area contributed by atoms with Gasteiger partial charge in [-0.2, -0.15) is 0 Å². The molecule has 0 aromatic heterocycles. The van der Waals surface area contributed by atoms with Crippen molar-refractivity contribution in [1.29, 1.82) is 0 Å². The van der Waals surface area contributed by atoms with Crippen LogP contribution in [0, 0.1) is 11.6 Å². The molecular formula is C16H24F2N2O. The minimum Gasteiger partial charge on any atom is -0.387 e. The van der Waals surface area contributed by atoms with E-state index in [2.05, 4.69) is 23.6 Å². The molecule has 5 heteroatoms. The molecule has 1 saturated heterocycles. The summed E-state index contributed by atoms with van der Waals surface area (Å²) in [4.78, 5) is 4.47. The van der Waals surface area contributed by atoms with E-state index in [1.54, 1.807) is 0 Å². The molecule has 2 atom stereocenters. The van der Waals surface area contributed by atoms with Gasteiger partial charge in [0.2, 0.25) is 0 Å². The number of hydrogen-bond acceptors (Lipinski definition) is 3. The Morgan fingerprint density at radius 1 is 1.29 bits per heavy atom. The van der Waals surface area contributed by atoms with E-state index in [4.69, 9.17) is 0 Å². The molecule has 118 valence electrons. The van der Waals surface area contributed by atoms with Crippen molar-refractivity contribution in [1.82, 2.24) is 9.80 Å². The lowest BCUT2D eigenvalue weighted by Gasteiger charge is -2.27. The van der Waals surface area contributed by atoms with Crippen LogP contribution in [-0.4, -0.2) is 53.7 Å². The van der Waals surface area contributed by atoms with Gasteiger partial charge >= 0.3 is 0 Å². The Kier molecular flexibility index (Phi) is 5.67. The zero-order chi connectivity index (χ0) is 15.4. The van der Waals surface area contributed by atoms with E-state index >= 15 is 0 Å². The summed E-state index contributed by atoms with van der Waals surface area (Å²) in [5, 5.41) is 10.1. The number of likely N-dealkylation sites (N-methyl/N-ethyl adjacent to an activating group) is 1.